The van der Waals surface area contributed by atoms with Crippen LogP contribution in [0.4, 0.5) is 8.78 Å². The van der Waals surface area contributed by atoms with E-state index in [9.17, 15) is 22.3 Å². The van der Waals surface area contributed by atoms with E-state index in [1.54, 1.807) is 6.92 Å². The number of aliphatic hydroxyl groups is 1. The molecule has 0 unspecified atom stereocenters. The highest BCUT2D eigenvalue weighted by Crippen LogP contribution is 2.42. The fraction of sp³-hybridized carbons (Fsp3) is 0.226. The number of benzene rings is 4. The molecule has 0 radical (unpaired) electrons. The minimum absolute atomic E-state index is 0.154. The highest BCUT2D eigenvalue weighted by atomic mass is 32.2. The molecule has 0 saturated heterocycles. The summed E-state index contributed by atoms with van der Waals surface area (Å²) in [5.74, 6) is -2.76. The van der Waals surface area contributed by atoms with Gasteiger partial charge >= 0.3 is 0 Å². The first kappa shape index (κ1) is 28.6. The summed E-state index contributed by atoms with van der Waals surface area (Å²) in [6, 6.07) is 31.4. The van der Waals surface area contributed by atoms with E-state index in [1.807, 2.05) is 91.0 Å². The highest BCUT2D eigenvalue weighted by Gasteiger charge is 2.43. The molecule has 204 valence electrons. The lowest BCUT2D eigenvalue weighted by atomic mass is 9.79. The van der Waals surface area contributed by atoms with Crippen molar-refractivity contribution in [2.45, 2.75) is 18.1 Å². The van der Waals surface area contributed by atoms with Crippen molar-refractivity contribution in [3.63, 3.8) is 0 Å². The first-order valence-electron chi connectivity index (χ1n) is 12.4. The van der Waals surface area contributed by atoms with Crippen LogP contribution in [0.5, 0.6) is 0 Å². The van der Waals surface area contributed by atoms with Crippen LogP contribution < -0.4 is 0 Å². The predicted octanol–water partition coefficient (Wildman–Crippen LogP) is 5.77. The molecule has 4 rings (SSSR count). The zero-order valence-corrected chi connectivity index (χ0v) is 22.4. The summed E-state index contributed by atoms with van der Waals surface area (Å²) in [7, 11) is -3.99. The van der Waals surface area contributed by atoms with Crippen molar-refractivity contribution in [1.29, 1.82) is 0 Å². The number of halogens is 2. The molecule has 0 aliphatic carbocycles. The molecule has 0 spiro atoms. The third-order valence-electron chi connectivity index (χ3n) is 6.80. The van der Waals surface area contributed by atoms with Gasteiger partial charge < -0.3 is 9.84 Å². The molecule has 4 aromatic rings. The summed E-state index contributed by atoms with van der Waals surface area (Å²) >= 11 is 0. The van der Waals surface area contributed by atoms with Crippen molar-refractivity contribution in [3.8, 4) is 0 Å². The number of rotatable bonds is 11. The second kappa shape index (κ2) is 11.8. The highest BCUT2D eigenvalue weighted by molar-refractivity contribution is 7.85. The topological polar surface area (TPSA) is 72.8 Å². The van der Waals surface area contributed by atoms with E-state index in [-0.39, 0.29) is 12.2 Å². The third-order valence-corrected chi connectivity index (χ3v) is 7.34. The van der Waals surface area contributed by atoms with Crippen molar-refractivity contribution in [2.75, 3.05) is 19.5 Å². The molecular formula is C31H30F2O5S. The van der Waals surface area contributed by atoms with Gasteiger partial charge in [-0.2, -0.15) is 8.42 Å². The van der Waals surface area contributed by atoms with Crippen LogP contribution in [0.3, 0.4) is 0 Å². The average Bonchev–Trinajstić information content (AvgIpc) is 2.93. The van der Waals surface area contributed by atoms with Crippen LogP contribution in [0.15, 0.2) is 109 Å². The van der Waals surface area contributed by atoms with Gasteiger partial charge in [-0.1, -0.05) is 104 Å². The van der Waals surface area contributed by atoms with E-state index in [0.717, 1.165) is 35.1 Å². The summed E-state index contributed by atoms with van der Waals surface area (Å²) < 4.78 is 64.0. The zero-order valence-electron chi connectivity index (χ0n) is 21.6. The van der Waals surface area contributed by atoms with Gasteiger partial charge in [0.05, 0.1) is 19.5 Å². The molecule has 0 fully saturated rings. The Bertz CT molecular complexity index is 1390. The lowest BCUT2D eigenvalue weighted by molar-refractivity contribution is -0.102. The minimum Gasteiger partial charge on any atom is -0.382 e. The monoisotopic (exact) mass is 552 g/mol. The largest absolute Gasteiger partial charge is 0.382 e. The van der Waals surface area contributed by atoms with Crippen LogP contribution in [0.1, 0.15) is 29.2 Å². The molecule has 0 heterocycles. The fourth-order valence-corrected chi connectivity index (χ4v) is 5.07. The second-order valence-electron chi connectivity index (χ2n) is 9.51. The van der Waals surface area contributed by atoms with Gasteiger partial charge in [0, 0.05) is 17.5 Å². The maximum absolute atomic E-state index is 14.9. The first-order chi connectivity index (χ1) is 18.6. The molecule has 0 aromatic heterocycles. The molecule has 5 nitrogen and oxygen atoms in total. The molecule has 0 bridgehead atoms. The van der Waals surface area contributed by atoms with Crippen molar-refractivity contribution in [1.82, 2.24) is 0 Å². The van der Waals surface area contributed by atoms with E-state index < -0.39 is 45.5 Å². The lowest BCUT2D eigenvalue weighted by Crippen LogP contribution is -2.44. The van der Waals surface area contributed by atoms with Crippen molar-refractivity contribution >= 4 is 10.1 Å². The van der Waals surface area contributed by atoms with Gasteiger partial charge in [0.25, 0.3) is 10.1 Å². The molecule has 8 heteroatoms. The molecule has 0 saturated carbocycles. The molecule has 1 N–H and O–H groups in total. The molecule has 39 heavy (non-hydrogen) atoms. The Morgan fingerprint density at radius 2 is 1.26 bits per heavy atom. The molecule has 0 amide bonds. The quantitative estimate of drug-likeness (QED) is 0.189. The Morgan fingerprint density at radius 1 is 0.795 bits per heavy atom. The van der Waals surface area contributed by atoms with E-state index in [0.29, 0.717) is 6.07 Å². The summed E-state index contributed by atoms with van der Waals surface area (Å²) in [5.41, 5.74) is -1.14. The summed E-state index contributed by atoms with van der Waals surface area (Å²) in [5, 5.41) is 11.8. The van der Waals surface area contributed by atoms with Crippen LogP contribution in [-0.2, 0) is 30.2 Å². The standard InChI is InChI=1S/C31H30F2O5S/c1-23(30(34,22-38-39(2,35)36)28-19-18-27(32)20-29(28)33)21-37-31(24-12-6-3-7-13-24,25-14-8-4-9-15-25)26-16-10-5-11-17-26/h3-20,23,34H,21-22H2,1-2H3/t23-,30+/m0/s1. The molecule has 0 aliphatic heterocycles. The van der Waals surface area contributed by atoms with E-state index in [1.165, 1.54) is 0 Å². The van der Waals surface area contributed by atoms with Crippen molar-refractivity contribution in [2.24, 2.45) is 5.92 Å². The van der Waals surface area contributed by atoms with Gasteiger partial charge in [-0.25, -0.2) is 8.78 Å². The van der Waals surface area contributed by atoms with E-state index in [4.69, 9.17) is 8.92 Å². The third kappa shape index (κ3) is 6.25. The average molecular weight is 553 g/mol. The maximum Gasteiger partial charge on any atom is 0.264 e. The van der Waals surface area contributed by atoms with Crippen LogP contribution >= 0.6 is 0 Å². The van der Waals surface area contributed by atoms with Gasteiger partial charge in [-0.05, 0) is 22.8 Å². The second-order valence-corrected chi connectivity index (χ2v) is 11.2. The van der Waals surface area contributed by atoms with Crippen molar-refractivity contribution < 1.29 is 31.2 Å². The van der Waals surface area contributed by atoms with Crippen LogP contribution in [0.25, 0.3) is 0 Å². The van der Waals surface area contributed by atoms with E-state index >= 15 is 0 Å². The maximum atomic E-state index is 14.9. The summed E-state index contributed by atoms with van der Waals surface area (Å²) in [4.78, 5) is 0. The number of ether oxygens (including phenoxy) is 1. The zero-order chi connectivity index (χ0) is 28.1. The predicted molar refractivity (Wildman–Crippen MR) is 145 cm³/mol. The van der Waals surface area contributed by atoms with Gasteiger partial charge in [0.15, 0.2) is 0 Å². The van der Waals surface area contributed by atoms with E-state index in [2.05, 4.69) is 0 Å². The van der Waals surface area contributed by atoms with Gasteiger partial charge in [0.2, 0.25) is 0 Å². The molecular weight excluding hydrogens is 522 g/mol. The smallest absolute Gasteiger partial charge is 0.264 e. The van der Waals surface area contributed by atoms with Crippen LogP contribution in [0, 0.1) is 17.6 Å². The number of hydrogen-bond donors (Lipinski definition) is 1. The Labute approximate surface area is 227 Å². The summed E-state index contributed by atoms with van der Waals surface area (Å²) in [6.07, 6.45) is 0.834. The van der Waals surface area contributed by atoms with Gasteiger partial charge in [-0.15, -0.1) is 0 Å². The molecule has 0 aliphatic rings. The fourth-order valence-electron chi connectivity index (χ4n) is 4.68. The number of hydrogen-bond acceptors (Lipinski definition) is 5. The Balaban J connectivity index is 1.81. The SMILES string of the molecule is C[C@@H](COC(c1ccccc1)(c1ccccc1)c1ccccc1)[C@](O)(COS(C)(=O)=O)c1ccc(F)cc1F. The lowest BCUT2D eigenvalue weighted by Gasteiger charge is -2.40. The summed E-state index contributed by atoms with van der Waals surface area (Å²) in [6.45, 7) is 0.660. The van der Waals surface area contributed by atoms with Gasteiger partial charge in [-0.3, -0.25) is 4.18 Å². The minimum atomic E-state index is -3.99. The Morgan fingerprint density at radius 3 is 1.67 bits per heavy atom. The Hall–Kier alpha value is -3.43. The van der Waals surface area contributed by atoms with Crippen LogP contribution in [0.2, 0.25) is 0 Å². The van der Waals surface area contributed by atoms with Gasteiger partial charge in [0.1, 0.15) is 22.8 Å². The molecule has 2 atom stereocenters. The van der Waals surface area contributed by atoms with Crippen molar-refractivity contribution in [3.05, 3.63) is 143 Å². The van der Waals surface area contributed by atoms with Crippen LogP contribution in [-0.4, -0.2) is 33.0 Å². The normalized spacial score (nSPS) is 14.5. The molecule has 4 aromatic carbocycles. The Kier molecular flexibility index (Phi) is 8.61. The first-order valence-corrected chi connectivity index (χ1v) is 14.2.